The normalized spacial score (nSPS) is 20.1. The molecule has 1 atom stereocenters. The average Bonchev–Trinajstić information content (AvgIpc) is 2.78. The Morgan fingerprint density at radius 2 is 2.16 bits per heavy atom. The van der Waals surface area contributed by atoms with Gasteiger partial charge in [-0.15, -0.1) is 0 Å². The van der Waals surface area contributed by atoms with E-state index in [9.17, 15) is 26.7 Å². The van der Waals surface area contributed by atoms with E-state index in [4.69, 9.17) is 0 Å². The molecule has 1 aliphatic heterocycles. The molecule has 1 aliphatic carbocycles. The predicted octanol–water partition coefficient (Wildman–Crippen LogP) is 2.91. The fourth-order valence-corrected chi connectivity index (χ4v) is 3.51. The topological polar surface area (TPSA) is 46.1 Å². The number of allylic oxidation sites excluding steroid dienone is 1. The van der Waals surface area contributed by atoms with Crippen LogP contribution in [0.3, 0.4) is 0 Å². The van der Waals surface area contributed by atoms with E-state index in [2.05, 4.69) is 10.6 Å². The number of nitrogens with one attached hydrogen (secondary N) is 2. The van der Waals surface area contributed by atoms with Crippen LogP contribution in [0.2, 0.25) is 0 Å². The maximum absolute atomic E-state index is 13.0. The third-order valence-corrected chi connectivity index (χ3v) is 4.46. The number of aromatic nitrogens is 1. The lowest BCUT2D eigenvalue weighted by Gasteiger charge is -2.25. The second-order valence-corrected chi connectivity index (χ2v) is 6.26. The molecule has 0 bridgehead atoms. The van der Waals surface area contributed by atoms with Crippen molar-refractivity contribution in [2.45, 2.75) is 37.9 Å². The van der Waals surface area contributed by atoms with Gasteiger partial charge in [0, 0.05) is 31.5 Å². The number of nitrogens with zero attached hydrogens (tertiary/aromatic N) is 1. The Kier molecular flexibility index (Phi) is 4.86. The van der Waals surface area contributed by atoms with Gasteiger partial charge in [-0.05, 0) is 23.5 Å². The minimum Gasteiger partial charge on any atom is -0.346 e. The van der Waals surface area contributed by atoms with E-state index in [1.165, 1.54) is 6.20 Å². The molecule has 25 heavy (non-hydrogen) atoms. The van der Waals surface area contributed by atoms with E-state index in [-0.39, 0.29) is 12.0 Å². The number of carbonyl (C=O) groups is 1. The molecule has 138 valence electrons. The van der Waals surface area contributed by atoms with Crippen molar-refractivity contribution in [3.8, 4) is 0 Å². The first-order valence-corrected chi connectivity index (χ1v) is 8.02. The van der Waals surface area contributed by atoms with Crippen molar-refractivity contribution in [1.82, 2.24) is 15.2 Å². The zero-order chi connectivity index (χ0) is 18.2. The summed E-state index contributed by atoms with van der Waals surface area (Å²) in [5.41, 5.74) is 1.86. The lowest BCUT2D eigenvalue weighted by atomic mass is 9.82. The molecule has 2 aliphatic rings. The minimum absolute atomic E-state index is 0.0670. The van der Waals surface area contributed by atoms with Crippen LogP contribution < -0.4 is 10.6 Å². The van der Waals surface area contributed by atoms with Gasteiger partial charge in [0.1, 0.15) is 0 Å². The molecule has 1 aromatic rings. The summed E-state index contributed by atoms with van der Waals surface area (Å²) >= 11 is 0. The summed E-state index contributed by atoms with van der Waals surface area (Å²) in [5, 5.41) is 5.28. The summed E-state index contributed by atoms with van der Waals surface area (Å²) < 4.78 is 65.4. The Morgan fingerprint density at radius 3 is 2.84 bits per heavy atom. The van der Waals surface area contributed by atoms with Crippen molar-refractivity contribution >= 4 is 11.5 Å². The molecular formula is C16H18F5N3O. The number of alkyl halides is 5. The van der Waals surface area contributed by atoms with Gasteiger partial charge >= 0.3 is 6.18 Å². The Morgan fingerprint density at radius 1 is 1.40 bits per heavy atom. The SMILES string of the molecule is O=C(NCC(F)F)c1cn2c3c1[C@@H](CC(F)(F)F)CC=C3CNCC2. The van der Waals surface area contributed by atoms with E-state index in [0.717, 1.165) is 5.57 Å². The molecule has 9 heteroatoms. The zero-order valence-electron chi connectivity index (χ0n) is 13.3. The molecule has 1 amide bonds. The van der Waals surface area contributed by atoms with E-state index >= 15 is 0 Å². The van der Waals surface area contributed by atoms with Crippen LogP contribution in [-0.4, -0.2) is 42.7 Å². The first-order chi connectivity index (χ1) is 11.8. The van der Waals surface area contributed by atoms with Crippen LogP contribution in [0.25, 0.3) is 5.57 Å². The Labute approximate surface area is 141 Å². The van der Waals surface area contributed by atoms with Crippen molar-refractivity contribution in [3.63, 3.8) is 0 Å². The fourth-order valence-electron chi connectivity index (χ4n) is 3.51. The second kappa shape index (κ2) is 6.78. The van der Waals surface area contributed by atoms with E-state index in [1.807, 2.05) is 0 Å². The van der Waals surface area contributed by atoms with Gasteiger partial charge in [0.25, 0.3) is 12.3 Å². The summed E-state index contributed by atoms with van der Waals surface area (Å²) in [4.78, 5) is 12.3. The van der Waals surface area contributed by atoms with Crippen LogP contribution in [0.1, 0.15) is 40.4 Å². The summed E-state index contributed by atoms with van der Waals surface area (Å²) in [6.07, 6.45) is -4.70. The van der Waals surface area contributed by atoms with Crippen molar-refractivity contribution in [1.29, 1.82) is 0 Å². The molecule has 2 N–H and O–H groups in total. The highest BCUT2D eigenvalue weighted by Gasteiger charge is 2.38. The fraction of sp³-hybridized carbons (Fsp3) is 0.562. The molecule has 0 fully saturated rings. The van der Waals surface area contributed by atoms with Gasteiger partial charge in [-0.1, -0.05) is 6.08 Å². The molecule has 1 aromatic heterocycles. The number of rotatable bonds is 4. The lowest BCUT2D eigenvalue weighted by Crippen LogP contribution is -2.30. The van der Waals surface area contributed by atoms with Crippen molar-refractivity contribution in [2.75, 3.05) is 19.6 Å². The van der Waals surface area contributed by atoms with Crippen LogP contribution >= 0.6 is 0 Å². The summed E-state index contributed by atoms with van der Waals surface area (Å²) in [6.45, 7) is 0.794. The van der Waals surface area contributed by atoms with Crippen molar-refractivity contribution < 1.29 is 26.7 Å². The smallest absolute Gasteiger partial charge is 0.346 e. The number of halogens is 5. The highest BCUT2D eigenvalue weighted by atomic mass is 19.4. The van der Waals surface area contributed by atoms with Crippen LogP contribution in [-0.2, 0) is 6.54 Å². The average molecular weight is 363 g/mol. The second-order valence-electron chi connectivity index (χ2n) is 6.26. The summed E-state index contributed by atoms with van der Waals surface area (Å²) in [5.74, 6) is -1.64. The zero-order valence-corrected chi connectivity index (χ0v) is 13.3. The van der Waals surface area contributed by atoms with Gasteiger partial charge < -0.3 is 15.2 Å². The first-order valence-electron chi connectivity index (χ1n) is 8.02. The molecular weight excluding hydrogens is 345 g/mol. The molecule has 0 aromatic carbocycles. The number of amides is 1. The third-order valence-electron chi connectivity index (χ3n) is 4.46. The first kappa shape index (κ1) is 17.9. The standard InChI is InChI=1S/C16H18F5N3O/c17-12(18)7-23-15(25)11-8-24-4-3-22-6-10-2-1-9(5-16(19,20)21)13(11)14(10)24/h2,8-9,12,22H,1,3-7H2,(H,23,25)/t9-/m1/s1. The van der Waals surface area contributed by atoms with Crippen LogP contribution in [0.5, 0.6) is 0 Å². The Hall–Kier alpha value is -1.90. The Balaban J connectivity index is 2.01. The van der Waals surface area contributed by atoms with Crippen molar-refractivity contribution in [2.24, 2.45) is 0 Å². The van der Waals surface area contributed by atoms with Crippen LogP contribution in [0, 0.1) is 0 Å². The van der Waals surface area contributed by atoms with Crippen molar-refractivity contribution in [3.05, 3.63) is 29.1 Å². The highest BCUT2D eigenvalue weighted by molar-refractivity contribution is 5.97. The monoisotopic (exact) mass is 363 g/mol. The van der Waals surface area contributed by atoms with Gasteiger partial charge in [0.05, 0.1) is 18.5 Å². The van der Waals surface area contributed by atoms with Gasteiger partial charge in [-0.2, -0.15) is 13.2 Å². The number of hydrogen-bond acceptors (Lipinski definition) is 2. The van der Waals surface area contributed by atoms with Crippen LogP contribution in [0.15, 0.2) is 12.3 Å². The molecule has 0 saturated heterocycles. The molecule has 4 nitrogen and oxygen atoms in total. The summed E-state index contributed by atoms with van der Waals surface area (Å²) in [7, 11) is 0. The van der Waals surface area contributed by atoms with Gasteiger partial charge in [-0.25, -0.2) is 8.78 Å². The molecule has 0 spiro atoms. The lowest BCUT2D eigenvalue weighted by molar-refractivity contribution is -0.138. The number of carbonyl (C=O) groups excluding carboxylic acids is 1. The largest absolute Gasteiger partial charge is 0.389 e. The van der Waals surface area contributed by atoms with E-state index in [1.54, 1.807) is 10.6 Å². The highest BCUT2D eigenvalue weighted by Crippen LogP contribution is 2.43. The molecule has 2 heterocycles. The summed E-state index contributed by atoms with van der Waals surface area (Å²) in [6, 6.07) is 0. The Bertz CT molecular complexity index is 693. The van der Waals surface area contributed by atoms with E-state index < -0.39 is 37.4 Å². The molecule has 3 rings (SSSR count). The van der Waals surface area contributed by atoms with Gasteiger partial charge in [-0.3, -0.25) is 4.79 Å². The third kappa shape index (κ3) is 3.86. The van der Waals surface area contributed by atoms with Gasteiger partial charge in [0.15, 0.2) is 0 Å². The maximum Gasteiger partial charge on any atom is 0.389 e. The maximum atomic E-state index is 13.0. The van der Waals surface area contributed by atoms with Gasteiger partial charge in [0.2, 0.25) is 0 Å². The van der Waals surface area contributed by atoms with Crippen LogP contribution in [0.4, 0.5) is 22.0 Å². The molecule has 0 saturated carbocycles. The quantitative estimate of drug-likeness (QED) is 0.808. The number of hydrogen-bond donors (Lipinski definition) is 2. The molecule has 0 unspecified atom stereocenters. The molecule has 0 radical (unpaired) electrons. The predicted molar refractivity (Wildman–Crippen MR) is 81.6 cm³/mol. The minimum atomic E-state index is -4.37. The van der Waals surface area contributed by atoms with E-state index in [0.29, 0.717) is 30.9 Å².